The van der Waals surface area contributed by atoms with Crippen molar-refractivity contribution >= 4 is 33.0 Å². The Morgan fingerprint density at radius 3 is 2.51 bits per heavy atom. The van der Waals surface area contributed by atoms with Crippen molar-refractivity contribution in [2.45, 2.75) is 12.8 Å². The van der Waals surface area contributed by atoms with Crippen molar-refractivity contribution in [3.05, 3.63) is 66.7 Å². The zero-order chi connectivity index (χ0) is 24.3. The first-order chi connectivity index (χ1) is 16.9. The Morgan fingerprint density at radius 1 is 0.971 bits per heavy atom. The predicted octanol–water partition coefficient (Wildman–Crippen LogP) is 3.99. The minimum atomic E-state index is -3.37. The molecule has 0 radical (unpaired) electrons. The number of aromatic nitrogens is 3. The third-order valence-corrected chi connectivity index (χ3v) is 6.41. The van der Waals surface area contributed by atoms with Crippen molar-refractivity contribution in [2.24, 2.45) is 0 Å². The highest BCUT2D eigenvalue weighted by Gasteiger charge is 2.12. The van der Waals surface area contributed by atoms with Crippen LogP contribution in [0.4, 0.5) is 17.3 Å². The van der Waals surface area contributed by atoms with Gasteiger partial charge in [-0.1, -0.05) is 18.2 Å². The van der Waals surface area contributed by atoms with Gasteiger partial charge in [0.2, 0.25) is 16.0 Å². The number of pyridine rings is 1. The first-order valence-electron chi connectivity index (χ1n) is 11.6. The fraction of sp³-hybridized carbons (Fsp3) is 0.280. The Morgan fingerprint density at radius 2 is 1.74 bits per heavy atom. The van der Waals surface area contributed by atoms with Crippen LogP contribution >= 0.6 is 0 Å². The van der Waals surface area contributed by atoms with Crippen LogP contribution in [-0.2, 0) is 10.0 Å². The molecule has 10 heteroatoms. The van der Waals surface area contributed by atoms with E-state index in [1.165, 1.54) is 25.9 Å². The summed E-state index contributed by atoms with van der Waals surface area (Å²) in [6.45, 7) is 3.98. The second-order valence-corrected chi connectivity index (χ2v) is 10.4. The van der Waals surface area contributed by atoms with Gasteiger partial charge in [-0.3, -0.25) is 9.62 Å². The van der Waals surface area contributed by atoms with E-state index in [9.17, 15) is 8.42 Å². The van der Waals surface area contributed by atoms with E-state index < -0.39 is 10.0 Å². The molecule has 1 aliphatic heterocycles. The minimum absolute atomic E-state index is 0.463. The normalized spacial score (nSPS) is 14.3. The van der Waals surface area contributed by atoms with Crippen LogP contribution in [-0.4, -0.2) is 60.4 Å². The van der Waals surface area contributed by atoms with Crippen molar-refractivity contribution in [2.75, 3.05) is 42.5 Å². The number of rotatable bonds is 9. The maximum Gasteiger partial charge on any atom is 0.247 e. The van der Waals surface area contributed by atoms with Crippen molar-refractivity contribution in [3.63, 3.8) is 0 Å². The van der Waals surface area contributed by atoms with Gasteiger partial charge in [0.05, 0.1) is 11.9 Å². The summed E-state index contributed by atoms with van der Waals surface area (Å²) in [5.74, 6) is 1.30. The molecule has 4 aromatic rings. The molecule has 0 spiro atoms. The molecule has 0 amide bonds. The highest BCUT2D eigenvalue weighted by atomic mass is 32.2. The van der Waals surface area contributed by atoms with Gasteiger partial charge in [-0.15, -0.1) is 5.10 Å². The van der Waals surface area contributed by atoms with Crippen molar-refractivity contribution in [1.29, 1.82) is 0 Å². The van der Waals surface area contributed by atoms with Gasteiger partial charge in [-0.25, -0.2) is 12.9 Å². The van der Waals surface area contributed by atoms with E-state index in [0.717, 1.165) is 35.5 Å². The summed E-state index contributed by atoms with van der Waals surface area (Å²) in [4.78, 5) is 7.01. The standard InChI is InChI=1S/C25H28N6O3S/c1-35(32,33)29-21-7-4-6-19(18-21)23-8-5-9-24-27-25(28-31(23)24)26-20-10-12-22(13-11-20)34-17-16-30-14-2-3-15-30/h4-13,18,29H,2-3,14-17H2,1H3,(H,26,28). The van der Waals surface area contributed by atoms with Crippen molar-refractivity contribution < 1.29 is 13.2 Å². The number of benzene rings is 2. The largest absolute Gasteiger partial charge is 0.492 e. The Balaban J connectivity index is 1.29. The van der Waals surface area contributed by atoms with E-state index >= 15 is 0 Å². The molecule has 1 saturated heterocycles. The third-order valence-electron chi connectivity index (χ3n) is 5.81. The topological polar surface area (TPSA) is 101 Å². The molecule has 2 aromatic heterocycles. The number of fused-ring (bicyclic) bond motifs is 1. The molecule has 0 atom stereocenters. The molecule has 0 unspecified atom stereocenters. The first-order valence-corrected chi connectivity index (χ1v) is 13.5. The molecule has 9 nitrogen and oxygen atoms in total. The maximum atomic E-state index is 11.6. The number of nitrogens with zero attached hydrogens (tertiary/aromatic N) is 4. The van der Waals surface area contributed by atoms with Crippen LogP contribution in [0, 0.1) is 0 Å². The summed E-state index contributed by atoms with van der Waals surface area (Å²) < 4.78 is 33.3. The van der Waals surface area contributed by atoms with E-state index in [2.05, 4.69) is 25.0 Å². The van der Waals surface area contributed by atoms with Crippen molar-refractivity contribution in [3.8, 4) is 17.0 Å². The lowest BCUT2D eigenvalue weighted by Gasteiger charge is -2.15. The van der Waals surface area contributed by atoms with E-state index in [-0.39, 0.29) is 0 Å². The number of hydrogen-bond acceptors (Lipinski definition) is 7. The molecule has 5 rings (SSSR count). The first kappa shape index (κ1) is 23.1. The molecule has 1 aliphatic rings. The summed E-state index contributed by atoms with van der Waals surface area (Å²) >= 11 is 0. The fourth-order valence-electron chi connectivity index (χ4n) is 4.20. The van der Waals surface area contributed by atoms with E-state index in [4.69, 9.17) is 4.74 Å². The summed E-state index contributed by atoms with van der Waals surface area (Å²) in [5.41, 5.74) is 3.63. The van der Waals surface area contributed by atoms with Crippen LogP contribution in [0.3, 0.4) is 0 Å². The zero-order valence-corrected chi connectivity index (χ0v) is 20.3. The number of sulfonamides is 1. The molecular formula is C25H28N6O3S. The summed E-state index contributed by atoms with van der Waals surface area (Å²) in [6.07, 6.45) is 3.69. The molecule has 2 aromatic carbocycles. The van der Waals surface area contributed by atoms with Gasteiger partial charge in [-0.05, 0) is 74.5 Å². The average Bonchev–Trinajstić information content (AvgIpc) is 3.48. The highest BCUT2D eigenvalue weighted by Crippen LogP contribution is 2.25. The molecule has 182 valence electrons. The van der Waals surface area contributed by atoms with E-state index in [1.54, 1.807) is 22.7 Å². The average molecular weight is 493 g/mol. The third kappa shape index (κ3) is 5.90. The lowest BCUT2D eigenvalue weighted by atomic mass is 10.1. The highest BCUT2D eigenvalue weighted by molar-refractivity contribution is 7.92. The lowest BCUT2D eigenvalue weighted by molar-refractivity contribution is 0.238. The SMILES string of the molecule is CS(=O)(=O)Nc1cccc(-c2cccc3nc(Nc4ccc(OCCN5CCCC5)cc4)nn23)c1. The fourth-order valence-corrected chi connectivity index (χ4v) is 4.75. The summed E-state index contributed by atoms with van der Waals surface area (Å²) in [5, 5.41) is 7.87. The molecular weight excluding hydrogens is 464 g/mol. The van der Waals surface area contributed by atoms with Gasteiger partial charge in [0.1, 0.15) is 12.4 Å². The van der Waals surface area contributed by atoms with E-state index in [1.807, 2.05) is 48.5 Å². The predicted molar refractivity (Wildman–Crippen MR) is 138 cm³/mol. The van der Waals surface area contributed by atoms with Crippen LogP contribution in [0.25, 0.3) is 16.9 Å². The molecule has 0 saturated carbocycles. The Bertz CT molecular complexity index is 1410. The zero-order valence-electron chi connectivity index (χ0n) is 19.5. The van der Waals surface area contributed by atoms with E-state index in [0.29, 0.717) is 23.9 Å². The lowest BCUT2D eigenvalue weighted by Crippen LogP contribution is -2.25. The molecule has 0 aliphatic carbocycles. The van der Waals surface area contributed by atoms with Gasteiger partial charge >= 0.3 is 0 Å². The second-order valence-electron chi connectivity index (χ2n) is 8.62. The quantitative estimate of drug-likeness (QED) is 0.364. The molecule has 3 heterocycles. The Kier molecular flexibility index (Phi) is 6.56. The van der Waals surface area contributed by atoms with Crippen LogP contribution < -0.4 is 14.8 Å². The van der Waals surface area contributed by atoms with Crippen molar-refractivity contribution in [1.82, 2.24) is 19.5 Å². The number of nitrogens with one attached hydrogen (secondary N) is 2. The number of likely N-dealkylation sites (tertiary alicyclic amines) is 1. The smallest absolute Gasteiger partial charge is 0.247 e. The molecule has 1 fully saturated rings. The number of anilines is 3. The second kappa shape index (κ2) is 9.93. The van der Waals surface area contributed by atoms with Gasteiger partial charge in [0.15, 0.2) is 5.65 Å². The maximum absolute atomic E-state index is 11.6. The Hall–Kier alpha value is -3.63. The van der Waals surface area contributed by atoms with Crippen LogP contribution in [0.2, 0.25) is 0 Å². The number of ether oxygens (including phenoxy) is 1. The minimum Gasteiger partial charge on any atom is -0.492 e. The summed E-state index contributed by atoms with van der Waals surface area (Å²) in [7, 11) is -3.37. The monoisotopic (exact) mass is 492 g/mol. The molecule has 2 N–H and O–H groups in total. The molecule has 0 bridgehead atoms. The van der Waals surface area contributed by atoms with Gasteiger partial charge in [-0.2, -0.15) is 4.98 Å². The van der Waals surface area contributed by atoms with Crippen LogP contribution in [0.15, 0.2) is 66.7 Å². The van der Waals surface area contributed by atoms with Gasteiger partial charge < -0.3 is 10.1 Å². The summed E-state index contributed by atoms with van der Waals surface area (Å²) in [6, 6.07) is 20.6. The van der Waals surface area contributed by atoms with Crippen LogP contribution in [0.1, 0.15) is 12.8 Å². The number of hydrogen-bond donors (Lipinski definition) is 2. The Labute approximate surface area is 204 Å². The van der Waals surface area contributed by atoms with Gasteiger partial charge in [0.25, 0.3) is 0 Å². The van der Waals surface area contributed by atoms with Gasteiger partial charge in [0, 0.05) is 23.5 Å². The molecule has 35 heavy (non-hydrogen) atoms. The van der Waals surface area contributed by atoms with Crippen LogP contribution in [0.5, 0.6) is 5.75 Å².